The predicted octanol–water partition coefficient (Wildman–Crippen LogP) is 9.08. The third-order valence-electron chi connectivity index (χ3n) is 7.59. The lowest BCUT2D eigenvalue weighted by molar-refractivity contribution is 0.628. The molecule has 0 aliphatic carbocycles. The van der Waals surface area contributed by atoms with Crippen LogP contribution in [0.4, 0.5) is 4.39 Å². The molecule has 0 saturated heterocycles. The van der Waals surface area contributed by atoms with Crippen LogP contribution in [-0.4, -0.2) is 14.1 Å². The van der Waals surface area contributed by atoms with Crippen LogP contribution in [0.3, 0.4) is 0 Å². The van der Waals surface area contributed by atoms with Crippen molar-refractivity contribution in [1.82, 2.24) is 14.1 Å². The van der Waals surface area contributed by atoms with Crippen molar-refractivity contribution in [3.63, 3.8) is 0 Å². The van der Waals surface area contributed by atoms with Gasteiger partial charge < -0.3 is 4.57 Å². The van der Waals surface area contributed by atoms with E-state index in [1.54, 1.807) is 12.1 Å². The molecule has 8 aromatic rings. The van der Waals surface area contributed by atoms with Gasteiger partial charge in [0.2, 0.25) is 0 Å². The molecule has 0 N–H and O–H groups in total. The Bertz CT molecular complexity index is 2170. The van der Waals surface area contributed by atoms with E-state index in [0.29, 0.717) is 0 Å². The van der Waals surface area contributed by atoms with E-state index in [9.17, 15) is 4.39 Å². The minimum atomic E-state index is -0.255. The molecule has 4 heteroatoms. The van der Waals surface area contributed by atoms with E-state index in [1.165, 1.54) is 44.7 Å². The number of para-hydroxylation sites is 3. The van der Waals surface area contributed by atoms with E-state index >= 15 is 0 Å². The molecule has 0 atom stereocenters. The standard InChI is InChI=1S/C35H22FN3/c36-24-19-17-23(18-20-24)29-13-8-16-33(37-29)39-31-15-7-5-12-28(31)34-32(39)22-21-27-26-11-4-6-14-30(26)38(35(27)34)25-9-2-1-3-10-25/h1-22H. The number of halogens is 1. The molecule has 0 spiro atoms. The minimum Gasteiger partial charge on any atom is -0.309 e. The fourth-order valence-corrected chi connectivity index (χ4v) is 5.93. The number of rotatable bonds is 3. The van der Waals surface area contributed by atoms with Gasteiger partial charge in [-0.25, -0.2) is 9.37 Å². The minimum absolute atomic E-state index is 0.255. The lowest BCUT2D eigenvalue weighted by Gasteiger charge is -2.10. The average Bonchev–Trinajstić information content (AvgIpc) is 3.51. The SMILES string of the molecule is Fc1ccc(-c2cccc(-n3c4ccccc4c4c3ccc3c5ccccc5n(-c5ccccc5)c34)n2)cc1. The first-order chi connectivity index (χ1) is 19.3. The second kappa shape index (κ2) is 8.40. The summed E-state index contributed by atoms with van der Waals surface area (Å²) in [6.07, 6.45) is 0. The average molecular weight is 504 g/mol. The largest absolute Gasteiger partial charge is 0.309 e. The number of nitrogens with zero attached hydrogens (tertiary/aromatic N) is 3. The van der Waals surface area contributed by atoms with Crippen LogP contribution in [0.2, 0.25) is 0 Å². The Morgan fingerprint density at radius 2 is 1.18 bits per heavy atom. The van der Waals surface area contributed by atoms with Gasteiger partial charge in [-0.1, -0.05) is 66.7 Å². The van der Waals surface area contributed by atoms with Gasteiger partial charge in [0.15, 0.2) is 0 Å². The van der Waals surface area contributed by atoms with E-state index in [2.05, 4.69) is 100 Å². The Kier molecular flexibility index (Phi) is 4.70. The Morgan fingerprint density at radius 3 is 1.97 bits per heavy atom. The summed E-state index contributed by atoms with van der Waals surface area (Å²) in [6, 6.07) is 44.7. The molecule has 0 saturated carbocycles. The van der Waals surface area contributed by atoms with Crippen LogP contribution in [0, 0.1) is 5.82 Å². The fraction of sp³-hybridized carbons (Fsp3) is 0. The van der Waals surface area contributed by atoms with Crippen LogP contribution in [0.1, 0.15) is 0 Å². The van der Waals surface area contributed by atoms with Crippen LogP contribution < -0.4 is 0 Å². The highest BCUT2D eigenvalue weighted by Crippen LogP contribution is 2.41. The van der Waals surface area contributed by atoms with Crippen molar-refractivity contribution >= 4 is 43.6 Å². The summed E-state index contributed by atoms with van der Waals surface area (Å²) in [6.45, 7) is 0. The Labute approximate surface area is 224 Å². The lowest BCUT2D eigenvalue weighted by atomic mass is 10.1. The summed E-state index contributed by atoms with van der Waals surface area (Å²) in [5.41, 5.74) is 7.36. The third-order valence-corrected chi connectivity index (χ3v) is 7.59. The third kappa shape index (κ3) is 3.25. The smallest absolute Gasteiger partial charge is 0.138 e. The first-order valence-corrected chi connectivity index (χ1v) is 13.0. The maximum atomic E-state index is 13.6. The molecule has 3 nitrogen and oxygen atoms in total. The van der Waals surface area contributed by atoms with E-state index in [1.807, 2.05) is 18.2 Å². The number of benzene rings is 5. The highest BCUT2D eigenvalue weighted by atomic mass is 19.1. The normalized spacial score (nSPS) is 11.7. The second-order valence-electron chi connectivity index (χ2n) is 9.78. The Morgan fingerprint density at radius 1 is 0.487 bits per heavy atom. The lowest BCUT2D eigenvalue weighted by Crippen LogP contribution is -1.98. The van der Waals surface area contributed by atoms with Gasteiger partial charge in [-0.2, -0.15) is 0 Å². The van der Waals surface area contributed by atoms with E-state index in [-0.39, 0.29) is 5.82 Å². The van der Waals surface area contributed by atoms with Gasteiger partial charge in [-0.15, -0.1) is 0 Å². The van der Waals surface area contributed by atoms with Crippen molar-refractivity contribution in [2.24, 2.45) is 0 Å². The maximum Gasteiger partial charge on any atom is 0.138 e. The number of aromatic nitrogens is 3. The van der Waals surface area contributed by atoms with Crippen molar-refractivity contribution < 1.29 is 4.39 Å². The van der Waals surface area contributed by atoms with Crippen LogP contribution in [-0.2, 0) is 0 Å². The molecule has 0 unspecified atom stereocenters. The van der Waals surface area contributed by atoms with Gasteiger partial charge in [0.1, 0.15) is 11.6 Å². The Balaban J connectivity index is 1.50. The van der Waals surface area contributed by atoms with Gasteiger partial charge >= 0.3 is 0 Å². The summed E-state index contributed by atoms with van der Waals surface area (Å²) in [5, 5.41) is 4.81. The molecule has 0 aliphatic rings. The molecule has 0 aliphatic heterocycles. The van der Waals surface area contributed by atoms with Crippen molar-refractivity contribution in [2.75, 3.05) is 0 Å². The fourth-order valence-electron chi connectivity index (χ4n) is 5.93. The van der Waals surface area contributed by atoms with Gasteiger partial charge in [-0.05, 0) is 66.7 Å². The van der Waals surface area contributed by atoms with Crippen molar-refractivity contribution in [3.8, 4) is 22.8 Å². The maximum absolute atomic E-state index is 13.6. The van der Waals surface area contributed by atoms with Crippen LogP contribution in [0.25, 0.3) is 66.4 Å². The number of fused-ring (bicyclic) bond motifs is 7. The summed E-state index contributed by atoms with van der Waals surface area (Å²) in [5.74, 6) is 0.569. The van der Waals surface area contributed by atoms with Gasteiger partial charge in [0.05, 0.1) is 27.8 Å². The molecule has 0 radical (unpaired) electrons. The van der Waals surface area contributed by atoms with Crippen molar-refractivity contribution in [2.45, 2.75) is 0 Å². The molecule has 39 heavy (non-hydrogen) atoms. The zero-order valence-electron chi connectivity index (χ0n) is 20.9. The topological polar surface area (TPSA) is 22.8 Å². The van der Waals surface area contributed by atoms with Crippen molar-refractivity contribution in [1.29, 1.82) is 0 Å². The first-order valence-electron chi connectivity index (χ1n) is 13.0. The molecule has 0 fully saturated rings. The number of pyridine rings is 1. The van der Waals surface area contributed by atoms with Gasteiger partial charge in [0.25, 0.3) is 0 Å². The zero-order valence-corrected chi connectivity index (χ0v) is 20.9. The molecule has 8 rings (SSSR count). The van der Waals surface area contributed by atoms with Crippen LogP contribution >= 0.6 is 0 Å². The monoisotopic (exact) mass is 503 g/mol. The summed E-state index contributed by atoms with van der Waals surface area (Å²) < 4.78 is 18.2. The van der Waals surface area contributed by atoms with E-state index < -0.39 is 0 Å². The van der Waals surface area contributed by atoms with E-state index in [0.717, 1.165) is 33.8 Å². The van der Waals surface area contributed by atoms with Gasteiger partial charge in [0, 0.05) is 32.8 Å². The van der Waals surface area contributed by atoms with Crippen LogP contribution in [0.15, 0.2) is 133 Å². The number of hydrogen-bond donors (Lipinski definition) is 0. The molecule has 0 bridgehead atoms. The summed E-state index contributed by atoms with van der Waals surface area (Å²) in [7, 11) is 0. The van der Waals surface area contributed by atoms with Crippen molar-refractivity contribution in [3.05, 3.63) is 139 Å². The van der Waals surface area contributed by atoms with Gasteiger partial charge in [-0.3, -0.25) is 4.57 Å². The molecule has 184 valence electrons. The second-order valence-corrected chi connectivity index (χ2v) is 9.78. The summed E-state index contributed by atoms with van der Waals surface area (Å²) in [4.78, 5) is 5.05. The quantitative estimate of drug-likeness (QED) is 0.236. The first kappa shape index (κ1) is 21.8. The molecule has 0 amide bonds. The molecular formula is C35H22FN3. The highest BCUT2D eigenvalue weighted by molar-refractivity contribution is 6.26. The van der Waals surface area contributed by atoms with Crippen LogP contribution in [0.5, 0.6) is 0 Å². The zero-order chi connectivity index (χ0) is 25.9. The molecular weight excluding hydrogens is 481 g/mol. The molecule has 3 heterocycles. The predicted molar refractivity (Wildman–Crippen MR) is 158 cm³/mol. The Hall–Kier alpha value is -5.22. The highest BCUT2D eigenvalue weighted by Gasteiger charge is 2.21. The summed E-state index contributed by atoms with van der Waals surface area (Å²) >= 11 is 0. The molecule has 5 aromatic carbocycles. The van der Waals surface area contributed by atoms with E-state index in [4.69, 9.17) is 4.98 Å². The number of hydrogen-bond acceptors (Lipinski definition) is 1. The molecule has 3 aromatic heterocycles.